The van der Waals surface area contributed by atoms with Crippen LogP contribution in [0.25, 0.3) is 0 Å². The Balaban J connectivity index is 1.15. The van der Waals surface area contributed by atoms with E-state index in [1.54, 1.807) is 96.2 Å². The molecule has 9 amide bonds. The molecule has 0 spiro atoms. The topological polar surface area (TPSA) is 365 Å². The van der Waals surface area contributed by atoms with Gasteiger partial charge in [0, 0.05) is 89.4 Å². The van der Waals surface area contributed by atoms with E-state index in [0.717, 1.165) is 0 Å². The molecule has 3 fully saturated rings. The van der Waals surface area contributed by atoms with Crippen LogP contribution < -0.4 is 27.0 Å². The molecule has 4 aliphatic heterocycles. The number of likely N-dealkylation sites (tertiary alicyclic amines) is 1. The van der Waals surface area contributed by atoms with Crippen LogP contribution >= 0.6 is 0 Å². The molecule has 3 saturated heterocycles. The van der Waals surface area contributed by atoms with E-state index in [0.29, 0.717) is 55.5 Å². The molecule has 500 valence electrons. The molecule has 0 radical (unpaired) electrons. The Labute approximate surface area is 527 Å². The lowest BCUT2D eigenvalue weighted by Gasteiger charge is -2.38. The SMILES string of the molecule is CC[C@H](O)[C@@H](C)[C@H]1O[C@@H]1C[C@@](C)(O)/C=C/C=C(\C)[C@H]1OC(=O)C[C@H](O)CC[C@@](C)(OC(C)=O)[C@@H](OC(=O)N2CCN(C(=O)OCc3ccc(NC(=O)[C@H](CCCNC(N)=O)NC(=O)[C@@H](NC(=O)CCCCCN4C(=O)CCC4=O)C(C)C)cc3)CC2)/C=C/[C@@H]1C. The molecule has 12 atom stereocenters. The van der Waals surface area contributed by atoms with Crippen LogP contribution in [0.3, 0.4) is 0 Å². The summed E-state index contributed by atoms with van der Waals surface area (Å²) in [6.07, 6.45) is 5.72. The lowest BCUT2D eigenvalue weighted by molar-refractivity contribution is -0.168. The van der Waals surface area contributed by atoms with E-state index in [4.69, 9.17) is 29.4 Å². The molecule has 26 nitrogen and oxygen atoms in total. The van der Waals surface area contributed by atoms with E-state index in [1.165, 1.54) is 21.6 Å². The zero-order chi connectivity index (χ0) is 66.5. The number of amides is 9. The molecule has 1 aromatic carbocycles. The number of rotatable bonds is 28. The number of ether oxygens (including phenoxy) is 5. The molecule has 5 rings (SSSR count). The van der Waals surface area contributed by atoms with Gasteiger partial charge in [-0.1, -0.05) is 77.5 Å². The summed E-state index contributed by atoms with van der Waals surface area (Å²) in [6.45, 7) is 15.9. The van der Waals surface area contributed by atoms with Crippen molar-refractivity contribution < 1.29 is 86.9 Å². The average molecular weight is 1270 g/mol. The summed E-state index contributed by atoms with van der Waals surface area (Å²) in [6, 6.07) is 3.62. The highest BCUT2D eigenvalue weighted by atomic mass is 16.6. The minimum atomic E-state index is -1.50. The van der Waals surface area contributed by atoms with Crippen molar-refractivity contribution in [3.05, 3.63) is 65.8 Å². The van der Waals surface area contributed by atoms with Gasteiger partial charge in [-0.25, -0.2) is 14.4 Å². The number of imide groups is 1. The largest absolute Gasteiger partial charge is 0.457 e. The summed E-state index contributed by atoms with van der Waals surface area (Å²) in [5.74, 6) is -4.25. The number of aliphatic hydroxyl groups excluding tert-OH is 2. The van der Waals surface area contributed by atoms with E-state index >= 15 is 0 Å². The van der Waals surface area contributed by atoms with Crippen LogP contribution in [0.4, 0.5) is 20.1 Å². The number of nitrogens with two attached hydrogens (primary N) is 1. The number of hydrogen-bond donors (Lipinski definition) is 8. The van der Waals surface area contributed by atoms with Gasteiger partial charge in [0.05, 0.1) is 36.4 Å². The Kier molecular flexibility index (Phi) is 28.3. The molecular formula is C64H96N8O18. The maximum Gasteiger partial charge on any atom is 0.410 e. The monoisotopic (exact) mass is 1260 g/mol. The van der Waals surface area contributed by atoms with Crippen LogP contribution in [-0.2, 0) is 63.9 Å². The number of hydrogen-bond acceptors (Lipinski definition) is 18. The highest BCUT2D eigenvalue weighted by Crippen LogP contribution is 2.38. The standard InChI is InChI=1S/C64H96N8O18/c1-10-48(75)42(6)57-49(87-57)37-63(8,85)28-14-16-40(4)56-41(5)19-24-50(64(9,90-43(7)73)29-27-46(74)36-54(79)89-56)88-62(84)71-34-32-70(33-35-71)61(83)86-38-44-20-22-45(23-21-44)67-58(80)47(17-15-30-66-60(65)82)68-59(81)55(39(2)3)69-51(76)18-12-11-13-31-72-52(77)25-26-53(72)78/h14,16,19-24,28,39,41-42,46-50,55-57,74-75,85H,10-13,15,17-18,25-27,29-38H2,1-9H3,(H,67,80)(H,68,81)(H,69,76)(H3,65,66,82)/b24-19+,28-14+,40-16+/t41-,42+,46+,47-,48-,49+,50-,55-,56+,57+,63-,64+/m0/s1. The molecule has 4 aliphatic rings. The fraction of sp³-hybridized carbons (Fsp3) is 0.656. The molecule has 0 aliphatic carbocycles. The number of carbonyl (C=O) groups is 10. The molecule has 1 aromatic rings. The molecule has 0 aromatic heterocycles. The molecule has 0 unspecified atom stereocenters. The van der Waals surface area contributed by atoms with E-state index in [2.05, 4.69) is 21.3 Å². The Morgan fingerprint density at radius 3 is 2.18 bits per heavy atom. The van der Waals surface area contributed by atoms with Crippen molar-refractivity contribution in [1.29, 1.82) is 0 Å². The first-order valence-corrected chi connectivity index (χ1v) is 31.4. The number of unbranched alkanes of at least 4 members (excludes halogenated alkanes) is 2. The summed E-state index contributed by atoms with van der Waals surface area (Å²) in [5, 5.41) is 43.3. The number of urea groups is 1. The fourth-order valence-corrected chi connectivity index (χ4v) is 11.1. The first-order chi connectivity index (χ1) is 42.5. The third-order valence-electron chi connectivity index (χ3n) is 16.6. The zero-order valence-corrected chi connectivity index (χ0v) is 53.6. The first kappa shape index (κ1) is 73.3. The molecule has 0 bridgehead atoms. The zero-order valence-electron chi connectivity index (χ0n) is 53.6. The quantitative estimate of drug-likeness (QED) is 0.0105. The van der Waals surface area contributed by atoms with Gasteiger partial charge in [0.2, 0.25) is 29.5 Å². The second-order valence-electron chi connectivity index (χ2n) is 24.8. The molecular weight excluding hydrogens is 1170 g/mol. The summed E-state index contributed by atoms with van der Waals surface area (Å²) in [7, 11) is 0. The van der Waals surface area contributed by atoms with Gasteiger partial charge in [-0.2, -0.15) is 0 Å². The normalized spacial score (nSPS) is 24.9. The van der Waals surface area contributed by atoms with Crippen molar-refractivity contribution in [2.24, 2.45) is 23.5 Å². The molecule has 4 heterocycles. The first-order valence-electron chi connectivity index (χ1n) is 31.4. The van der Waals surface area contributed by atoms with Crippen molar-refractivity contribution in [2.75, 3.05) is 44.6 Å². The van der Waals surface area contributed by atoms with Crippen LogP contribution in [0.2, 0.25) is 0 Å². The number of allylic oxidation sites excluding steroid dienone is 2. The van der Waals surface area contributed by atoms with E-state index in [9.17, 15) is 63.3 Å². The third kappa shape index (κ3) is 23.4. The molecule has 9 N–H and O–H groups in total. The lowest BCUT2D eigenvalue weighted by Crippen LogP contribution is -2.54. The Morgan fingerprint density at radius 1 is 0.900 bits per heavy atom. The predicted molar refractivity (Wildman–Crippen MR) is 329 cm³/mol. The number of epoxide rings is 1. The summed E-state index contributed by atoms with van der Waals surface area (Å²) >= 11 is 0. The second-order valence-corrected chi connectivity index (χ2v) is 24.8. The van der Waals surface area contributed by atoms with Gasteiger partial charge < -0.3 is 75.8 Å². The van der Waals surface area contributed by atoms with E-state index in [-0.39, 0.29) is 132 Å². The highest BCUT2D eigenvalue weighted by molar-refractivity contribution is 6.02. The third-order valence-corrected chi connectivity index (χ3v) is 16.6. The van der Waals surface area contributed by atoms with Crippen LogP contribution in [0, 0.1) is 17.8 Å². The smallest absolute Gasteiger partial charge is 0.410 e. The summed E-state index contributed by atoms with van der Waals surface area (Å²) < 4.78 is 29.3. The number of carbonyl (C=O) groups excluding carboxylic acids is 10. The molecule has 26 heteroatoms. The van der Waals surface area contributed by atoms with Gasteiger partial charge in [0.15, 0.2) is 6.10 Å². The van der Waals surface area contributed by atoms with Gasteiger partial charge in [0.1, 0.15) is 30.4 Å². The number of aliphatic hydroxyl groups is 3. The number of nitrogens with zero attached hydrogens (tertiary/aromatic N) is 3. The van der Waals surface area contributed by atoms with Crippen molar-refractivity contribution in [1.82, 2.24) is 30.7 Å². The van der Waals surface area contributed by atoms with Gasteiger partial charge in [-0.3, -0.25) is 38.5 Å². The molecule has 90 heavy (non-hydrogen) atoms. The number of nitrogens with one attached hydrogen (secondary N) is 4. The van der Waals surface area contributed by atoms with Gasteiger partial charge in [0.25, 0.3) is 0 Å². The summed E-state index contributed by atoms with van der Waals surface area (Å²) in [4.78, 5) is 133. The summed E-state index contributed by atoms with van der Waals surface area (Å²) in [5.41, 5.74) is 4.00. The number of benzene rings is 1. The van der Waals surface area contributed by atoms with Crippen molar-refractivity contribution in [2.45, 2.75) is 212 Å². The fourth-order valence-electron chi connectivity index (χ4n) is 11.1. The number of primary amides is 1. The van der Waals surface area contributed by atoms with Crippen molar-refractivity contribution in [3.8, 4) is 0 Å². The van der Waals surface area contributed by atoms with Crippen LogP contribution in [0.5, 0.6) is 0 Å². The maximum atomic E-state index is 14.0. The minimum Gasteiger partial charge on any atom is -0.457 e. The number of esters is 2. The number of anilines is 1. The van der Waals surface area contributed by atoms with Crippen LogP contribution in [-0.4, -0.2) is 189 Å². The highest BCUT2D eigenvalue weighted by Gasteiger charge is 2.47. The minimum absolute atomic E-state index is 0.00435. The Bertz CT molecular complexity index is 2730. The van der Waals surface area contributed by atoms with E-state index < -0.39 is 95.6 Å². The number of cyclic esters (lactones) is 1. The van der Waals surface area contributed by atoms with E-state index in [1.807, 2.05) is 13.8 Å². The second kappa shape index (κ2) is 34.7. The van der Waals surface area contributed by atoms with Gasteiger partial charge in [-0.15, -0.1) is 0 Å². The van der Waals surface area contributed by atoms with Gasteiger partial charge >= 0.3 is 30.2 Å². The Morgan fingerprint density at radius 2 is 1.56 bits per heavy atom. The van der Waals surface area contributed by atoms with Crippen molar-refractivity contribution in [3.63, 3.8) is 0 Å². The van der Waals surface area contributed by atoms with Crippen LogP contribution in [0.1, 0.15) is 151 Å². The van der Waals surface area contributed by atoms with Crippen LogP contribution in [0.15, 0.2) is 60.2 Å². The predicted octanol–water partition coefficient (Wildman–Crippen LogP) is 4.96. The lowest BCUT2D eigenvalue weighted by atomic mass is 9.88. The molecule has 0 saturated carbocycles. The average Bonchev–Trinajstić information content (AvgIpc) is 1.73. The van der Waals surface area contributed by atoms with Crippen molar-refractivity contribution >= 4 is 65.4 Å². The number of piperazine rings is 1. The maximum absolute atomic E-state index is 14.0. The Hall–Kier alpha value is -7.42. The van der Waals surface area contributed by atoms with Gasteiger partial charge in [-0.05, 0) is 101 Å².